The Balaban J connectivity index is 1.57. The van der Waals surface area contributed by atoms with Gasteiger partial charge in [0, 0.05) is 38.3 Å². The molecule has 1 saturated carbocycles. The van der Waals surface area contributed by atoms with E-state index in [9.17, 15) is 5.11 Å². The lowest BCUT2D eigenvalue weighted by Gasteiger charge is -2.29. The van der Waals surface area contributed by atoms with Gasteiger partial charge in [0.1, 0.15) is 5.69 Å². The Morgan fingerprint density at radius 1 is 1.19 bits per heavy atom. The number of ether oxygens (including phenoxy) is 2. The predicted molar refractivity (Wildman–Crippen MR) is 120 cm³/mol. The van der Waals surface area contributed by atoms with Crippen LogP contribution in [0, 0.1) is 5.92 Å². The van der Waals surface area contributed by atoms with Gasteiger partial charge in [0.2, 0.25) is 5.88 Å². The number of morpholine rings is 1. The Labute approximate surface area is 184 Å². The normalized spacial score (nSPS) is 18.2. The molecule has 0 amide bonds. The van der Waals surface area contributed by atoms with Crippen molar-refractivity contribution in [2.45, 2.75) is 45.4 Å². The summed E-state index contributed by atoms with van der Waals surface area (Å²) in [5.41, 5.74) is 3.03. The Morgan fingerprint density at radius 2 is 1.94 bits per heavy atom. The third kappa shape index (κ3) is 6.29. The fourth-order valence-electron chi connectivity index (χ4n) is 4.03. The summed E-state index contributed by atoms with van der Waals surface area (Å²) in [5, 5.41) is 15.1. The van der Waals surface area contributed by atoms with E-state index in [1.807, 2.05) is 32.0 Å². The zero-order valence-electron chi connectivity index (χ0n) is 18.7. The van der Waals surface area contributed by atoms with Crippen molar-refractivity contribution < 1.29 is 19.1 Å². The van der Waals surface area contributed by atoms with Crippen LogP contribution in [0.4, 0.5) is 5.88 Å². The minimum Gasteiger partial charge on any atom is -0.389 e. The van der Waals surface area contributed by atoms with Crippen molar-refractivity contribution in [2.24, 2.45) is 5.92 Å². The molecule has 1 saturated heterocycles. The second-order valence-corrected chi connectivity index (χ2v) is 8.95. The molecule has 2 fully saturated rings. The molecule has 4 rings (SSSR count). The molecule has 1 N–H and O–H groups in total. The van der Waals surface area contributed by atoms with Gasteiger partial charge in [-0.15, -0.1) is 0 Å². The lowest BCUT2D eigenvalue weighted by molar-refractivity contribution is -0.0101. The van der Waals surface area contributed by atoms with Crippen molar-refractivity contribution in [3.8, 4) is 11.3 Å². The predicted octanol–water partition coefficient (Wildman–Crippen LogP) is 3.18. The molecule has 0 radical (unpaired) electrons. The van der Waals surface area contributed by atoms with Crippen LogP contribution in [0.5, 0.6) is 0 Å². The molecular weight excluding hydrogens is 394 g/mol. The highest BCUT2D eigenvalue weighted by Gasteiger charge is 2.30. The van der Waals surface area contributed by atoms with Gasteiger partial charge in [0.25, 0.3) is 0 Å². The molecule has 1 unspecified atom stereocenters. The third-order valence-corrected chi connectivity index (χ3v) is 5.80. The summed E-state index contributed by atoms with van der Waals surface area (Å²) in [5.74, 6) is 1.54. The molecular formula is C24H35N3O4. The zero-order chi connectivity index (χ0) is 21.6. The maximum atomic E-state index is 10.6. The molecule has 7 heteroatoms. The van der Waals surface area contributed by atoms with E-state index in [0.717, 1.165) is 42.3 Å². The van der Waals surface area contributed by atoms with Crippen LogP contribution in [0.1, 0.15) is 32.3 Å². The van der Waals surface area contributed by atoms with Crippen molar-refractivity contribution in [1.82, 2.24) is 10.1 Å². The van der Waals surface area contributed by atoms with E-state index in [4.69, 9.17) is 14.0 Å². The minimum atomic E-state index is -0.520. The highest BCUT2D eigenvalue weighted by atomic mass is 16.5. The van der Waals surface area contributed by atoms with Gasteiger partial charge in [-0.1, -0.05) is 35.5 Å². The monoisotopic (exact) mass is 429 g/mol. The molecule has 2 aliphatic rings. The standard InChI is InChI=1S/C24H35N3O4/c1-18(2)30-17-21(28)15-26(14-19-8-9-19)16-22-23(20-6-4-3-5-7-20)25-31-24(22)27-10-12-29-13-11-27/h3-7,18-19,21,28H,8-17H2,1-2H3. The third-order valence-electron chi connectivity index (χ3n) is 5.80. The van der Waals surface area contributed by atoms with Crippen LogP contribution < -0.4 is 4.90 Å². The molecule has 170 valence electrons. The molecule has 1 aromatic heterocycles. The van der Waals surface area contributed by atoms with E-state index in [2.05, 4.69) is 27.1 Å². The van der Waals surface area contributed by atoms with Crippen molar-refractivity contribution in [2.75, 3.05) is 50.9 Å². The lowest BCUT2D eigenvalue weighted by atomic mass is 10.1. The number of hydrogen-bond donors (Lipinski definition) is 1. The first-order valence-electron chi connectivity index (χ1n) is 11.5. The summed E-state index contributed by atoms with van der Waals surface area (Å²) in [4.78, 5) is 4.57. The molecule has 31 heavy (non-hydrogen) atoms. The Hall–Kier alpha value is -1.93. The number of nitrogens with zero attached hydrogens (tertiary/aromatic N) is 3. The van der Waals surface area contributed by atoms with Crippen LogP contribution in [-0.2, 0) is 16.0 Å². The molecule has 1 aromatic carbocycles. The largest absolute Gasteiger partial charge is 0.389 e. The van der Waals surface area contributed by atoms with E-state index in [-0.39, 0.29) is 6.10 Å². The van der Waals surface area contributed by atoms with Crippen LogP contribution in [0.3, 0.4) is 0 Å². The number of aliphatic hydroxyl groups excluding tert-OH is 1. The SMILES string of the molecule is CC(C)OCC(O)CN(Cc1c(-c2ccccc2)noc1N1CCOCC1)CC1CC1. The Kier molecular flexibility index (Phi) is 7.61. The number of benzene rings is 1. The number of aromatic nitrogens is 1. The molecule has 7 nitrogen and oxygen atoms in total. The van der Waals surface area contributed by atoms with Crippen molar-refractivity contribution in [3.63, 3.8) is 0 Å². The lowest BCUT2D eigenvalue weighted by Crippen LogP contribution is -2.38. The van der Waals surface area contributed by atoms with Crippen LogP contribution in [-0.4, -0.2) is 73.4 Å². The molecule has 0 bridgehead atoms. The van der Waals surface area contributed by atoms with Crippen LogP contribution in [0.25, 0.3) is 11.3 Å². The van der Waals surface area contributed by atoms with E-state index >= 15 is 0 Å². The first kappa shape index (κ1) is 22.3. The summed E-state index contributed by atoms with van der Waals surface area (Å²) in [6.45, 7) is 9.55. The smallest absolute Gasteiger partial charge is 0.232 e. The van der Waals surface area contributed by atoms with E-state index in [1.165, 1.54) is 12.8 Å². The van der Waals surface area contributed by atoms with Crippen molar-refractivity contribution in [3.05, 3.63) is 35.9 Å². The van der Waals surface area contributed by atoms with Crippen molar-refractivity contribution >= 4 is 5.88 Å². The minimum absolute atomic E-state index is 0.113. The van der Waals surface area contributed by atoms with Crippen LogP contribution in [0.2, 0.25) is 0 Å². The first-order valence-corrected chi connectivity index (χ1v) is 11.5. The van der Waals surface area contributed by atoms with E-state index in [1.54, 1.807) is 0 Å². The zero-order valence-corrected chi connectivity index (χ0v) is 18.7. The fraction of sp³-hybridized carbons (Fsp3) is 0.625. The number of rotatable bonds is 11. The van der Waals surface area contributed by atoms with Gasteiger partial charge in [0.15, 0.2) is 0 Å². The van der Waals surface area contributed by atoms with Crippen LogP contribution >= 0.6 is 0 Å². The molecule has 2 heterocycles. The maximum Gasteiger partial charge on any atom is 0.232 e. The first-order chi connectivity index (χ1) is 15.1. The fourth-order valence-corrected chi connectivity index (χ4v) is 4.03. The van der Waals surface area contributed by atoms with Gasteiger partial charge < -0.3 is 24.0 Å². The summed E-state index contributed by atoms with van der Waals surface area (Å²) >= 11 is 0. The van der Waals surface area contributed by atoms with Gasteiger partial charge in [-0.2, -0.15) is 0 Å². The topological polar surface area (TPSA) is 71.2 Å². The summed E-state index contributed by atoms with van der Waals surface area (Å²) < 4.78 is 17.1. The number of anilines is 1. The average Bonchev–Trinajstić information content (AvgIpc) is 3.50. The average molecular weight is 430 g/mol. The highest BCUT2D eigenvalue weighted by molar-refractivity contribution is 5.68. The molecule has 2 aromatic rings. The second kappa shape index (κ2) is 10.6. The summed E-state index contributed by atoms with van der Waals surface area (Å²) in [7, 11) is 0. The summed E-state index contributed by atoms with van der Waals surface area (Å²) in [6.07, 6.45) is 2.12. The molecule has 1 atom stereocenters. The quantitative estimate of drug-likeness (QED) is 0.588. The summed E-state index contributed by atoms with van der Waals surface area (Å²) in [6, 6.07) is 10.2. The number of aliphatic hydroxyl groups is 1. The highest BCUT2D eigenvalue weighted by Crippen LogP contribution is 2.35. The maximum absolute atomic E-state index is 10.6. The van der Waals surface area contributed by atoms with E-state index in [0.29, 0.717) is 38.8 Å². The Bertz CT molecular complexity index is 800. The Morgan fingerprint density at radius 3 is 2.61 bits per heavy atom. The van der Waals surface area contributed by atoms with Crippen molar-refractivity contribution in [1.29, 1.82) is 0 Å². The number of hydrogen-bond acceptors (Lipinski definition) is 7. The van der Waals surface area contributed by atoms with Crippen LogP contribution in [0.15, 0.2) is 34.9 Å². The van der Waals surface area contributed by atoms with Gasteiger partial charge in [-0.05, 0) is 32.6 Å². The van der Waals surface area contributed by atoms with Gasteiger partial charge in [-0.3, -0.25) is 4.90 Å². The van der Waals surface area contributed by atoms with Gasteiger partial charge in [0.05, 0.1) is 37.6 Å². The van der Waals surface area contributed by atoms with Gasteiger partial charge >= 0.3 is 0 Å². The molecule has 1 aliphatic carbocycles. The molecule has 0 spiro atoms. The molecule has 1 aliphatic heterocycles. The van der Waals surface area contributed by atoms with Gasteiger partial charge in [-0.25, -0.2) is 0 Å². The second-order valence-electron chi connectivity index (χ2n) is 8.95. The van der Waals surface area contributed by atoms with E-state index < -0.39 is 6.10 Å².